The van der Waals surface area contributed by atoms with Gasteiger partial charge in [0.1, 0.15) is 11.6 Å². The Hall–Kier alpha value is -3.02. The molecule has 0 N–H and O–H groups in total. The van der Waals surface area contributed by atoms with Crippen molar-refractivity contribution in [1.29, 1.82) is 0 Å². The number of hydrogen-bond donors (Lipinski definition) is 0. The number of halogens is 1. The normalized spacial score (nSPS) is 14.8. The summed E-state index contributed by atoms with van der Waals surface area (Å²) in [6, 6.07) is 13.8. The van der Waals surface area contributed by atoms with Crippen LogP contribution in [0.3, 0.4) is 0 Å². The lowest BCUT2D eigenvalue weighted by Crippen LogP contribution is -2.49. The van der Waals surface area contributed by atoms with E-state index in [1.807, 2.05) is 24.3 Å². The lowest BCUT2D eigenvalue weighted by Gasteiger charge is -2.35. The van der Waals surface area contributed by atoms with E-state index >= 15 is 0 Å². The molecule has 1 amide bonds. The van der Waals surface area contributed by atoms with E-state index < -0.39 is 5.82 Å². The summed E-state index contributed by atoms with van der Waals surface area (Å²) in [4.78, 5) is 25.3. The SMILES string of the molecule is O=C(c1ccccc1F)N1CCN(c2cnc3ccccc3n2)CC1. The number of anilines is 1. The summed E-state index contributed by atoms with van der Waals surface area (Å²) in [7, 11) is 0. The van der Waals surface area contributed by atoms with Gasteiger partial charge in [-0.2, -0.15) is 0 Å². The van der Waals surface area contributed by atoms with Crippen molar-refractivity contribution in [2.24, 2.45) is 0 Å². The highest BCUT2D eigenvalue weighted by Gasteiger charge is 2.24. The molecule has 0 spiro atoms. The molecule has 0 saturated carbocycles. The number of hydrogen-bond acceptors (Lipinski definition) is 4. The van der Waals surface area contributed by atoms with E-state index in [-0.39, 0.29) is 11.5 Å². The molecular formula is C19H17FN4O. The molecule has 1 aliphatic heterocycles. The number of benzene rings is 2. The van der Waals surface area contributed by atoms with Gasteiger partial charge in [0.15, 0.2) is 0 Å². The molecule has 1 aliphatic rings. The summed E-state index contributed by atoms with van der Waals surface area (Å²) in [6.45, 7) is 2.35. The van der Waals surface area contributed by atoms with Crippen LogP contribution >= 0.6 is 0 Å². The first kappa shape index (κ1) is 15.5. The average molecular weight is 336 g/mol. The van der Waals surface area contributed by atoms with Crippen molar-refractivity contribution >= 4 is 22.8 Å². The Kier molecular flexibility index (Phi) is 4.01. The molecule has 6 heteroatoms. The van der Waals surface area contributed by atoms with Gasteiger partial charge in [-0.05, 0) is 24.3 Å². The van der Waals surface area contributed by atoms with Gasteiger partial charge in [0.2, 0.25) is 0 Å². The van der Waals surface area contributed by atoms with Crippen molar-refractivity contribution in [1.82, 2.24) is 14.9 Å². The first-order valence-electron chi connectivity index (χ1n) is 8.23. The number of amides is 1. The fourth-order valence-electron chi connectivity index (χ4n) is 3.04. The summed E-state index contributed by atoms with van der Waals surface area (Å²) in [5.74, 6) is 0.0642. The Bertz CT molecular complexity index is 922. The molecule has 2 aromatic carbocycles. The van der Waals surface area contributed by atoms with Gasteiger partial charge in [-0.15, -0.1) is 0 Å². The molecule has 3 aromatic rings. The molecule has 4 rings (SSSR count). The Labute approximate surface area is 144 Å². The Morgan fingerprint density at radius 1 is 0.920 bits per heavy atom. The maximum atomic E-state index is 13.8. The monoisotopic (exact) mass is 336 g/mol. The summed E-state index contributed by atoms with van der Waals surface area (Å²) in [5, 5.41) is 0. The second-order valence-corrected chi connectivity index (χ2v) is 5.98. The van der Waals surface area contributed by atoms with Gasteiger partial charge < -0.3 is 9.80 Å². The molecular weight excluding hydrogens is 319 g/mol. The van der Waals surface area contributed by atoms with E-state index in [1.54, 1.807) is 23.2 Å². The predicted octanol–water partition coefficient (Wildman–Crippen LogP) is 2.73. The zero-order chi connectivity index (χ0) is 17.2. The van der Waals surface area contributed by atoms with Crippen LogP contribution in [0.2, 0.25) is 0 Å². The summed E-state index contributed by atoms with van der Waals surface area (Å²) in [5.41, 5.74) is 1.84. The van der Waals surface area contributed by atoms with Crippen molar-refractivity contribution in [2.45, 2.75) is 0 Å². The topological polar surface area (TPSA) is 49.3 Å². The van der Waals surface area contributed by atoms with Crippen LogP contribution in [0.25, 0.3) is 11.0 Å². The van der Waals surface area contributed by atoms with Gasteiger partial charge in [0, 0.05) is 26.2 Å². The molecule has 2 heterocycles. The molecule has 1 fully saturated rings. The smallest absolute Gasteiger partial charge is 0.256 e. The highest BCUT2D eigenvalue weighted by molar-refractivity contribution is 5.94. The van der Waals surface area contributed by atoms with Crippen LogP contribution in [0.4, 0.5) is 10.2 Å². The quantitative estimate of drug-likeness (QED) is 0.722. The van der Waals surface area contributed by atoms with E-state index in [9.17, 15) is 9.18 Å². The molecule has 0 aliphatic carbocycles. The zero-order valence-corrected chi connectivity index (χ0v) is 13.6. The molecule has 1 aromatic heterocycles. The molecule has 5 nitrogen and oxygen atoms in total. The Morgan fingerprint density at radius 3 is 2.36 bits per heavy atom. The van der Waals surface area contributed by atoms with Crippen LogP contribution in [0.15, 0.2) is 54.7 Å². The minimum Gasteiger partial charge on any atom is -0.352 e. The zero-order valence-electron chi connectivity index (χ0n) is 13.6. The number of rotatable bonds is 2. The van der Waals surface area contributed by atoms with Gasteiger partial charge in [0.25, 0.3) is 5.91 Å². The number of para-hydroxylation sites is 2. The number of aromatic nitrogens is 2. The first-order chi connectivity index (χ1) is 12.2. The molecule has 0 radical (unpaired) electrons. The van der Waals surface area contributed by atoms with Crippen molar-refractivity contribution < 1.29 is 9.18 Å². The predicted molar refractivity (Wildman–Crippen MR) is 94.1 cm³/mol. The van der Waals surface area contributed by atoms with Crippen LogP contribution in [-0.4, -0.2) is 47.0 Å². The molecule has 1 saturated heterocycles. The van der Waals surface area contributed by atoms with Gasteiger partial charge in [-0.1, -0.05) is 24.3 Å². The Morgan fingerprint density at radius 2 is 1.60 bits per heavy atom. The number of carbonyl (C=O) groups excluding carboxylic acids is 1. The van der Waals surface area contributed by atoms with Gasteiger partial charge in [-0.3, -0.25) is 9.78 Å². The largest absolute Gasteiger partial charge is 0.352 e. The molecule has 0 atom stereocenters. The van der Waals surface area contributed by atoms with E-state index in [1.165, 1.54) is 12.1 Å². The van der Waals surface area contributed by atoms with E-state index in [0.717, 1.165) is 16.9 Å². The highest BCUT2D eigenvalue weighted by atomic mass is 19.1. The number of fused-ring (bicyclic) bond motifs is 1. The summed E-state index contributed by atoms with van der Waals surface area (Å²) < 4.78 is 13.8. The molecule has 25 heavy (non-hydrogen) atoms. The van der Waals surface area contributed by atoms with Crippen molar-refractivity contribution in [3.05, 3.63) is 66.1 Å². The second-order valence-electron chi connectivity index (χ2n) is 5.98. The van der Waals surface area contributed by atoms with E-state index in [2.05, 4.69) is 14.9 Å². The average Bonchev–Trinajstić information content (AvgIpc) is 2.67. The lowest BCUT2D eigenvalue weighted by atomic mass is 10.1. The maximum absolute atomic E-state index is 13.8. The third kappa shape index (κ3) is 3.03. The third-order valence-corrected chi connectivity index (χ3v) is 4.43. The molecule has 126 valence electrons. The molecule has 0 unspecified atom stereocenters. The van der Waals surface area contributed by atoms with Crippen LogP contribution in [0, 0.1) is 5.82 Å². The minimum absolute atomic E-state index is 0.126. The van der Waals surface area contributed by atoms with Crippen molar-refractivity contribution in [2.75, 3.05) is 31.1 Å². The first-order valence-corrected chi connectivity index (χ1v) is 8.23. The minimum atomic E-state index is -0.477. The van der Waals surface area contributed by atoms with E-state index in [0.29, 0.717) is 26.2 Å². The Balaban J connectivity index is 1.47. The van der Waals surface area contributed by atoms with Gasteiger partial charge in [0.05, 0.1) is 22.8 Å². The van der Waals surface area contributed by atoms with Crippen LogP contribution < -0.4 is 4.90 Å². The van der Waals surface area contributed by atoms with Crippen molar-refractivity contribution in [3.8, 4) is 0 Å². The van der Waals surface area contributed by atoms with Crippen LogP contribution in [0.5, 0.6) is 0 Å². The number of piperazine rings is 1. The van der Waals surface area contributed by atoms with Crippen LogP contribution in [-0.2, 0) is 0 Å². The lowest BCUT2D eigenvalue weighted by molar-refractivity contribution is 0.0742. The van der Waals surface area contributed by atoms with Gasteiger partial charge >= 0.3 is 0 Å². The standard InChI is InChI=1S/C19H17FN4O/c20-15-6-2-1-5-14(15)19(25)24-11-9-23(10-12-24)18-13-21-16-7-3-4-8-17(16)22-18/h1-8,13H,9-12H2. The third-order valence-electron chi connectivity index (χ3n) is 4.43. The fourth-order valence-corrected chi connectivity index (χ4v) is 3.04. The maximum Gasteiger partial charge on any atom is 0.256 e. The highest BCUT2D eigenvalue weighted by Crippen LogP contribution is 2.18. The van der Waals surface area contributed by atoms with Gasteiger partial charge in [-0.25, -0.2) is 9.37 Å². The summed E-state index contributed by atoms with van der Waals surface area (Å²) in [6.07, 6.45) is 1.76. The number of nitrogens with zero attached hydrogens (tertiary/aromatic N) is 4. The molecule has 0 bridgehead atoms. The summed E-state index contributed by atoms with van der Waals surface area (Å²) >= 11 is 0. The van der Waals surface area contributed by atoms with Crippen LogP contribution in [0.1, 0.15) is 10.4 Å². The fraction of sp³-hybridized carbons (Fsp3) is 0.211. The number of carbonyl (C=O) groups is 1. The second kappa shape index (κ2) is 6.47. The van der Waals surface area contributed by atoms with Crippen molar-refractivity contribution in [3.63, 3.8) is 0 Å². The van der Waals surface area contributed by atoms with E-state index in [4.69, 9.17) is 0 Å².